The summed E-state index contributed by atoms with van der Waals surface area (Å²) < 4.78 is 5.15. The Morgan fingerprint density at radius 1 is 1.24 bits per heavy atom. The lowest BCUT2D eigenvalue weighted by Crippen LogP contribution is -2.29. The third-order valence-corrected chi connectivity index (χ3v) is 5.76. The van der Waals surface area contributed by atoms with Crippen molar-refractivity contribution >= 4 is 17.2 Å². The molecule has 1 aliphatic rings. The molecule has 128 valence electrons. The van der Waals surface area contributed by atoms with Gasteiger partial charge in [-0.15, -0.1) is 11.3 Å². The highest BCUT2D eigenvalue weighted by molar-refractivity contribution is 7.10. The van der Waals surface area contributed by atoms with Gasteiger partial charge in [0, 0.05) is 4.88 Å². The quantitative estimate of drug-likeness (QED) is 0.759. The maximum absolute atomic E-state index is 12.9. The van der Waals surface area contributed by atoms with Crippen LogP contribution in [0.4, 0.5) is 0 Å². The first-order valence-corrected chi connectivity index (χ1v) is 9.40. The van der Waals surface area contributed by atoms with E-state index >= 15 is 0 Å². The van der Waals surface area contributed by atoms with Gasteiger partial charge in [-0.25, -0.2) is 0 Å². The molecule has 0 fully saturated rings. The first-order valence-electron chi connectivity index (χ1n) is 8.52. The molecule has 4 nitrogen and oxygen atoms in total. The molecule has 3 aromatic rings. The van der Waals surface area contributed by atoms with Crippen LogP contribution in [0, 0.1) is 13.8 Å². The minimum atomic E-state index is -0.160. The molecule has 0 unspecified atom stereocenters. The van der Waals surface area contributed by atoms with Gasteiger partial charge < -0.3 is 9.84 Å². The number of hydrogen-bond acceptors (Lipinski definition) is 4. The van der Waals surface area contributed by atoms with Gasteiger partial charge in [0.25, 0.3) is 5.91 Å². The van der Waals surface area contributed by atoms with Gasteiger partial charge in [-0.2, -0.15) is 0 Å². The number of carbonyl (C=O) groups excluding carboxylic acids is 1. The second-order valence-electron chi connectivity index (χ2n) is 6.50. The summed E-state index contributed by atoms with van der Waals surface area (Å²) in [6.45, 7) is 3.56. The molecule has 4 rings (SSSR count). The fourth-order valence-electron chi connectivity index (χ4n) is 3.56. The van der Waals surface area contributed by atoms with Crippen molar-refractivity contribution in [3.05, 3.63) is 74.3 Å². The number of nitrogens with zero attached hydrogens (tertiary/aromatic N) is 1. The Bertz CT molecular complexity index is 892. The predicted molar refractivity (Wildman–Crippen MR) is 98.1 cm³/mol. The van der Waals surface area contributed by atoms with Gasteiger partial charge in [-0.05, 0) is 61.2 Å². The summed E-state index contributed by atoms with van der Waals surface area (Å²) in [6.07, 6.45) is 3.50. The number of nitrogens with one attached hydrogen (secondary N) is 1. The standard InChI is InChI=1S/C20H20N2O2S/c1-12-18(13(2)24-22-12)20(23)21-19(17-7-4-10-25-17)16-9-8-14-5-3-6-15(14)11-16/h4,7-11,19H,3,5-6H2,1-2H3,(H,21,23)/t19-/m0/s1. The van der Waals surface area contributed by atoms with E-state index < -0.39 is 0 Å². The molecule has 1 aromatic carbocycles. The van der Waals surface area contributed by atoms with Gasteiger partial charge in [0.05, 0.1) is 11.7 Å². The molecule has 2 aromatic heterocycles. The lowest BCUT2D eigenvalue weighted by Gasteiger charge is -2.19. The number of aryl methyl sites for hydroxylation is 4. The lowest BCUT2D eigenvalue weighted by molar-refractivity contribution is 0.0941. The molecule has 0 saturated heterocycles. The number of carbonyl (C=O) groups is 1. The normalized spacial score (nSPS) is 14.3. The number of fused-ring (bicyclic) bond motifs is 1. The first kappa shape index (κ1) is 16.1. The Hall–Kier alpha value is -2.40. The first-order chi connectivity index (χ1) is 12.1. The van der Waals surface area contributed by atoms with Crippen molar-refractivity contribution in [3.8, 4) is 0 Å². The van der Waals surface area contributed by atoms with Crippen molar-refractivity contribution in [1.29, 1.82) is 0 Å². The highest BCUT2D eigenvalue weighted by Crippen LogP contribution is 2.31. The van der Waals surface area contributed by atoms with Crippen LogP contribution in [0.5, 0.6) is 0 Å². The smallest absolute Gasteiger partial charge is 0.257 e. The van der Waals surface area contributed by atoms with Gasteiger partial charge in [0.15, 0.2) is 0 Å². The molecule has 1 N–H and O–H groups in total. The fourth-order valence-corrected chi connectivity index (χ4v) is 4.36. The lowest BCUT2D eigenvalue weighted by atomic mass is 9.99. The van der Waals surface area contributed by atoms with Crippen LogP contribution in [0.1, 0.15) is 55.8 Å². The number of rotatable bonds is 4. The monoisotopic (exact) mass is 352 g/mol. The summed E-state index contributed by atoms with van der Waals surface area (Å²) in [5.41, 5.74) is 5.12. The van der Waals surface area contributed by atoms with Gasteiger partial charge in [-0.1, -0.05) is 29.4 Å². The van der Waals surface area contributed by atoms with Crippen LogP contribution in [0.3, 0.4) is 0 Å². The van der Waals surface area contributed by atoms with E-state index in [9.17, 15) is 4.79 Å². The van der Waals surface area contributed by atoms with Crippen LogP contribution in [0.15, 0.2) is 40.2 Å². The van der Waals surface area contributed by atoms with E-state index in [0.29, 0.717) is 17.0 Å². The van der Waals surface area contributed by atoms with Crippen molar-refractivity contribution in [2.75, 3.05) is 0 Å². The maximum atomic E-state index is 12.9. The summed E-state index contributed by atoms with van der Waals surface area (Å²) >= 11 is 1.65. The molecular formula is C20H20N2O2S. The zero-order valence-corrected chi connectivity index (χ0v) is 15.2. The number of aromatic nitrogens is 1. The van der Waals surface area contributed by atoms with Crippen LogP contribution in [-0.2, 0) is 12.8 Å². The fraction of sp³-hybridized carbons (Fsp3) is 0.300. The Labute approximate surface area is 150 Å². The van der Waals surface area contributed by atoms with Gasteiger partial charge >= 0.3 is 0 Å². The number of hydrogen-bond donors (Lipinski definition) is 1. The van der Waals surface area contributed by atoms with Crippen LogP contribution in [0.2, 0.25) is 0 Å². The summed E-state index contributed by atoms with van der Waals surface area (Å²) in [6, 6.07) is 10.5. The van der Waals surface area contributed by atoms with Crippen molar-refractivity contribution in [3.63, 3.8) is 0 Å². The third-order valence-electron chi connectivity index (χ3n) is 4.82. The van der Waals surface area contributed by atoms with E-state index in [-0.39, 0.29) is 11.9 Å². The Balaban J connectivity index is 1.69. The molecule has 1 amide bonds. The maximum Gasteiger partial charge on any atom is 0.257 e. The average Bonchev–Trinajstić information content (AvgIpc) is 3.33. The van der Waals surface area contributed by atoms with Crippen molar-refractivity contribution in [1.82, 2.24) is 10.5 Å². The van der Waals surface area contributed by atoms with Crippen molar-refractivity contribution in [2.24, 2.45) is 0 Å². The van der Waals surface area contributed by atoms with Crippen LogP contribution >= 0.6 is 11.3 Å². The number of thiophene rings is 1. The van der Waals surface area contributed by atoms with Crippen LogP contribution in [-0.4, -0.2) is 11.1 Å². The van der Waals surface area contributed by atoms with Gasteiger partial charge in [0.2, 0.25) is 0 Å². The van der Waals surface area contributed by atoms with E-state index in [4.69, 9.17) is 4.52 Å². The van der Waals surface area contributed by atoms with E-state index in [0.717, 1.165) is 23.3 Å². The molecular weight excluding hydrogens is 332 g/mol. The van der Waals surface area contributed by atoms with Gasteiger partial charge in [-0.3, -0.25) is 4.79 Å². The molecule has 0 saturated carbocycles. The van der Waals surface area contributed by atoms with Crippen molar-refractivity contribution in [2.45, 2.75) is 39.2 Å². The zero-order chi connectivity index (χ0) is 17.4. The predicted octanol–water partition coefficient (Wildman–Crippen LogP) is 4.36. The molecule has 0 spiro atoms. The summed E-state index contributed by atoms with van der Waals surface area (Å²) in [5.74, 6) is 0.407. The largest absolute Gasteiger partial charge is 0.361 e. The molecule has 1 aliphatic carbocycles. The van der Waals surface area contributed by atoms with E-state index in [1.165, 1.54) is 17.5 Å². The molecule has 2 heterocycles. The number of amides is 1. The van der Waals surface area contributed by atoms with Crippen LogP contribution in [0.25, 0.3) is 0 Å². The van der Waals surface area contributed by atoms with Gasteiger partial charge in [0.1, 0.15) is 11.3 Å². The SMILES string of the molecule is Cc1noc(C)c1C(=O)N[C@@H](c1ccc2c(c1)CCC2)c1cccs1. The number of benzene rings is 1. The summed E-state index contributed by atoms with van der Waals surface area (Å²) in [5, 5.41) is 9.12. The second kappa shape index (κ2) is 6.48. The zero-order valence-electron chi connectivity index (χ0n) is 14.3. The molecule has 5 heteroatoms. The minimum absolute atomic E-state index is 0.143. The van der Waals surface area contributed by atoms with E-state index in [2.05, 4.69) is 34.7 Å². The molecule has 1 atom stereocenters. The van der Waals surface area contributed by atoms with E-state index in [1.807, 2.05) is 11.4 Å². The molecule has 0 aliphatic heterocycles. The highest BCUT2D eigenvalue weighted by atomic mass is 32.1. The summed E-state index contributed by atoms with van der Waals surface area (Å²) in [7, 11) is 0. The molecule has 25 heavy (non-hydrogen) atoms. The minimum Gasteiger partial charge on any atom is -0.361 e. The molecule has 0 radical (unpaired) electrons. The molecule has 0 bridgehead atoms. The Kier molecular flexibility index (Phi) is 4.17. The Morgan fingerprint density at radius 3 is 2.80 bits per heavy atom. The topological polar surface area (TPSA) is 55.1 Å². The Morgan fingerprint density at radius 2 is 2.08 bits per heavy atom. The highest BCUT2D eigenvalue weighted by Gasteiger charge is 2.24. The second-order valence-corrected chi connectivity index (χ2v) is 7.48. The third kappa shape index (κ3) is 3.00. The average molecular weight is 352 g/mol. The van der Waals surface area contributed by atoms with E-state index in [1.54, 1.807) is 25.2 Å². The van der Waals surface area contributed by atoms with Crippen molar-refractivity contribution < 1.29 is 9.32 Å². The van der Waals surface area contributed by atoms with Crippen LogP contribution < -0.4 is 5.32 Å². The summed E-state index contributed by atoms with van der Waals surface area (Å²) in [4.78, 5) is 14.0.